The third-order valence-corrected chi connectivity index (χ3v) is 5.67. The molecule has 3 N–H and O–H groups in total. The second-order valence-corrected chi connectivity index (χ2v) is 7.21. The maximum atomic E-state index is 14.1. The molecule has 1 aliphatic heterocycles. The molecule has 25 heavy (non-hydrogen) atoms. The monoisotopic (exact) mass is 349 g/mol. The molecule has 0 bridgehead atoms. The Morgan fingerprint density at radius 2 is 1.96 bits per heavy atom. The maximum absolute atomic E-state index is 14.1. The second-order valence-electron chi connectivity index (χ2n) is 7.21. The van der Waals surface area contributed by atoms with E-state index in [1.807, 2.05) is 32.9 Å². The van der Waals surface area contributed by atoms with Crippen molar-refractivity contribution in [1.29, 1.82) is 0 Å². The van der Waals surface area contributed by atoms with Crippen LogP contribution in [-0.4, -0.2) is 19.6 Å². The number of nitrogens with zero attached hydrogens (tertiary/aromatic N) is 1. The number of hydrazine groups is 1. The quantitative estimate of drug-likeness (QED) is 0.562. The molecule has 2 aliphatic rings. The number of benzene rings is 1. The number of nitrogens with one attached hydrogen (secondary N) is 1. The van der Waals surface area contributed by atoms with Crippen molar-refractivity contribution in [2.75, 3.05) is 24.6 Å². The zero-order valence-corrected chi connectivity index (χ0v) is 16.2. The van der Waals surface area contributed by atoms with Crippen LogP contribution in [0.1, 0.15) is 58.4 Å². The van der Waals surface area contributed by atoms with Gasteiger partial charge in [0.2, 0.25) is 0 Å². The average molecular weight is 350 g/mol. The van der Waals surface area contributed by atoms with E-state index >= 15 is 0 Å². The Labute approximate surface area is 153 Å². The number of anilines is 1. The van der Waals surface area contributed by atoms with Crippen LogP contribution in [0.4, 0.5) is 10.1 Å². The molecule has 2 fully saturated rings. The molecule has 2 unspecified atom stereocenters. The van der Waals surface area contributed by atoms with Crippen LogP contribution < -0.4 is 16.2 Å². The minimum absolute atomic E-state index is 0.203. The summed E-state index contributed by atoms with van der Waals surface area (Å²) in [5, 5.41) is 4.90. The van der Waals surface area contributed by atoms with Crippen LogP contribution >= 0.6 is 0 Å². The van der Waals surface area contributed by atoms with Crippen LogP contribution in [-0.2, 0) is 6.42 Å². The lowest BCUT2D eigenvalue weighted by Crippen LogP contribution is -2.31. The number of aryl methyl sites for hydroxylation is 1. The molecule has 2 atom stereocenters. The molecule has 0 aromatic heterocycles. The first-order chi connectivity index (χ1) is 12.2. The standard InChI is InChI=1S/C19H30FN3.C2H6/c1-2-23(21)19-7-6-14(12-18(19)20)4-3-5-16-13-17(16)15-8-10-22-11-9-15;1-2/h6-7,12,15-17,22H,2-5,8-11,13,21H2,1H3;1-2H3. The molecule has 1 aromatic rings. The largest absolute Gasteiger partial charge is 0.317 e. The predicted octanol–water partition coefficient (Wildman–Crippen LogP) is 4.51. The lowest BCUT2D eigenvalue weighted by molar-refractivity contribution is 0.320. The van der Waals surface area contributed by atoms with Gasteiger partial charge in [-0.2, -0.15) is 0 Å². The lowest BCUT2D eigenvalue weighted by atomic mass is 9.91. The van der Waals surface area contributed by atoms with Crippen LogP contribution in [0.2, 0.25) is 0 Å². The second kappa shape index (κ2) is 10.1. The summed E-state index contributed by atoms with van der Waals surface area (Å²) in [7, 11) is 0. The highest BCUT2D eigenvalue weighted by Crippen LogP contribution is 2.49. The lowest BCUT2D eigenvalue weighted by Gasteiger charge is -2.22. The Bertz CT molecular complexity index is 514. The molecular weight excluding hydrogens is 313 g/mol. The maximum Gasteiger partial charge on any atom is 0.148 e. The van der Waals surface area contributed by atoms with Gasteiger partial charge in [-0.25, -0.2) is 10.2 Å². The fourth-order valence-electron chi connectivity index (χ4n) is 4.13. The molecule has 1 heterocycles. The van der Waals surface area contributed by atoms with Crippen LogP contribution in [0, 0.1) is 23.6 Å². The zero-order valence-electron chi connectivity index (χ0n) is 16.2. The Morgan fingerprint density at radius 3 is 2.60 bits per heavy atom. The number of rotatable bonds is 7. The Balaban J connectivity index is 0.00000109. The molecular formula is C21H36FN3. The third-order valence-electron chi connectivity index (χ3n) is 5.67. The summed E-state index contributed by atoms with van der Waals surface area (Å²) in [6.07, 6.45) is 7.60. The van der Waals surface area contributed by atoms with Gasteiger partial charge in [0.05, 0.1) is 5.69 Å². The summed E-state index contributed by atoms with van der Waals surface area (Å²) < 4.78 is 14.1. The van der Waals surface area contributed by atoms with Crippen LogP contribution in [0.5, 0.6) is 0 Å². The van der Waals surface area contributed by atoms with E-state index < -0.39 is 0 Å². The third kappa shape index (κ3) is 5.68. The van der Waals surface area contributed by atoms with Gasteiger partial charge in [-0.05, 0) is 94.0 Å². The average Bonchev–Trinajstić information content (AvgIpc) is 3.43. The minimum atomic E-state index is -0.203. The van der Waals surface area contributed by atoms with Crippen molar-refractivity contribution in [3.63, 3.8) is 0 Å². The van der Waals surface area contributed by atoms with Crippen molar-refractivity contribution in [2.45, 2.75) is 59.3 Å². The SMILES string of the molecule is CC.CCN(N)c1ccc(CCCC2CC2C2CCNCC2)cc1F. The smallest absolute Gasteiger partial charge is 0.148 e. The minimum Gasteiger partial charge on any atom is -0.317 e. The van der Waals surface area contributed by atoms with E-state index in [1.165, 1.54) is 50.2 Å². The summed E-state index contributed by atoms with van der Waals surface area (Å²) in [6, 6.07) is 5.48. The molecule has 0 amide bonds. The number of hydrogen-bond donors (Lipinski definition) is 2. The van der Waals surface area contributed by atoms with Gasteiger partial charge in [0.1, 0.15) is 5.82 Å². The molecule has 1 saturated carbocycles. The summed E-state index contributed by atoms with van der Waals surface area (Å²) in [5.74, 6) is 8.44. The Morgan fingerprint density at radius 1 is 1.24 bits per heavy atom. The van der Waals surface area contributed by atoms with Crippen LogP contribution in [0.15, 0.2) is 18.2 Å². The number of hydrogen-bond acceptors (Lipinski definition) is 3. The van der Waals surface area contributed by atoms with Crippen LogP contribution in [0.3, 0.4) is 0 Å². The normalized spacial score (nSPS) is 22.9. The van der Waals surface area contributed by atoms with Crippen molar-refractivity contribution in [2.24, 2.45) is 23.6 Å². The van der Waals surface area contributed by atoms with Gasteiger partial charge < -0.3 is 10.3 Å². The first kappa shape index (κ1) is 20.2. The topological polar surface area (TPSA) is 41.3 Å². The Hall–Kier alpha value is -1.13. The van der Waals surface area contributed by atoms with Crippen molar-refractivity contribution in [3.8, 4) is 0 Å². The van der Waals surface area contributed by atoms with Gasteiger partial charge in [0.15, 0.2) is 0 Å². The molecule has 1 saturated heterocycles. The van der Waals surface area contributed by atoms with Crippen LogP contribution in [0.25, 0.3) is 0 Å². The molecule has 1 aromatic carbocycles. The summed E-state index contributed by atoms with van der Waals surface area (Å²) >= 11 is 0. The van der Waals surface area contributed by atoms with Gasteiger partial charge in [-0.1, -0.05) is 19.9 Å². The van der Waals surface area contributed by atoms with E-state index in [1.54, 1.807) is 6.07 Å². The molecule has 0 spiro atoms. The van der Waals surface area contributed by atoms with Gasteiger partial charge in [0, 0.05) is 6.54 Å². The van der Waals surface area contributed by atoms with E-state index in [-0.39, 0.29) is 5.82 Å². The highest BCUT2D eigenvalue weighted by Gasteiger charge is 2.41. The fraction of sp³-hybridized carbons (Fsp3) is 0.714. The summed E-state index contributed by atoms with van der Waals surface area (Å²) in [6.45, 7) is 8.93. The first-order valence-electron chi connectivity index (χ1n) is 10.2. The molecule has 142 valence electrons. The molecule has 0 radical (unpaired) electrons. The number of piperidine rings is 1. The Kier molecular flexibility index (Phi) is 8.17. The number of halogens is 1. The van der Waals surface area contributed by atoms with E-state index in [9.17, 15) is 4.39 Å². The van der Waals surface area contributed by atoms with Gasteiger partial charge in [-0.15, -0.1) is 0 Å². The molecule has 3 rings (SSSR count). The molecule has 3 nitrogen and oxygen atoms in total. The van der Waals surface area contributed by atoms with Crippen molar-refractivity contribution in [3.05, 3.63) is 29.6 Å². The van der Waals surface area contributed by atoms with Gasteiger partial charge in [0.25, 0.3) is 0 Å². The van der Waals surface area contributed by atoms with E-state index in [2.05, 4.69) is 5.32 Å². The first-order valence-corrected chi connectivity index (χ1v) is 10.2. The molecule has 4 heteroatoms. The van der Waals surface area contributed by atoms with E-state index in [0.717, 1.165) is 29.7 Å². The van der Waals surface area contributed by atoms with Crippen molar-refractivity contribution < 1.29 is 4.39 Å². The summed E-state index contributed by atoms with van der Waals surface area (Å²) in [5.41, 5.74) is 1.58. The van der Waals surface area contributed by atoms with Crippen molar-refractivity contribution >= 4 is 5.69 Å². The predicted molar refractivity (Wildman–Crippen MR) is 105 cm³/mol. The van der Waals surface area contributed by atoms with E-state index in [0.29, 0.717) is 12.2 Å². The summed E-state index contributed by atoms with van der Waals surface area (Å²) in [4.78, 5) is 0. The zero-order chi connectivity index (χ0) is 18.2. The highest BCUT2D eigenvalue weighted by atomic mass is 19.1. The van der Waals surface area contributed by atoms with Crippen molar-refractivity contribution in [1.82, 2.24) is 5.32 Å². The van der Waals surface area contributed by atoms with Gasteiger partial charge in [-0.3, -0.25) is 0 Å². The van der Waals surface area contributed by atoms with E-state index in [4.69, 9.17) is 5.84 Å². The highest BCUT2D eigenvalue weighted by molar-refractivity contribution is 5.47. The molecule has 1 aliphatic carbocycles. The number of nitrogens with two attached hydrogens (primary N) is 1. The fourth-order valence-corrected chi connectivity index (χ4v) is 4.13. The van der Waals surface area contributed by atoms with Gasteiger partial charge >= 0.3 is 0 Å².